The van der Waals surface area contributed by atoms with E-state index in [1.54, 1.807) is 13.8 Å². The fraction of sp³-hybridized carbons (Fsp3) is 0.417. The van der Waals surface area contributed by atoms with Gasteiger partial charge in [0.1, 0.15) is 0 Å². The summed E-state index contributed by atoms with van der Waals surface area (Å²) in [4.78, 5) is 11.5. The van der Waals surface area contributed by atoms with Crippen LogP contribution in [0.1, 0.15) is 26.3 Å². The summed E-state index contributed by atoms with van der Waals surface area (Å²) in [7, 11) is 0. The molecule has 1 aromatic rings. The summed E-state index contributed by atoms with van der Waals surface area (Å²) in [5.74, 6) is -0.517. The van der Waals surface area contributed by atoms with Gasteiger partial charge in [0.2, 0.25) is 5.91 Å². The maximum Gasteiger partial charge on any atom is 0.227 e. The molecule has 0 aromatic heterocycles. The van der Waals surface area contributed by atoms with E-state index in [0.29, 0.717) is 17.0 Å². The van der Waals surface area contributed by atoms with Crippen LogP contribution in [-0.2, 0) is 11.2 Å². The molecule has 1 amide bonds. The summed E-state index contributed by atoms with van der Waals surface area (Å²) in [5.41, 5.74) is 0.921. The third-order valence-corrected chi connectivity index (χ3v) is 3.17. The first-order valence-electron chi connectivity index (χ1n) is 5.39. The zero-order chi connectivity index (χ0) is 13.2. The van der Waals surface area contributed by atoms with Crippen LogP contribution in [-0.4, -0.2) is 11.0 Å². The molecule has 0 bridgehead atoms. The molecule has 0 unspecified atom stereocenters. The second kappa shape index (κ2) is 5.61. The number of carbonyl (C=O) groups excluding carboxylic acids is 1. The van der Waals surface area contributed by atoms with Gasteiger partial charge in [-0.3, -0.25) is 4.79 Å². The Morgan fingerprint density at radius 2 is 2.06 bits per heavy atom. The van der Waals surface area contributed by atoms with Crippen LogP contribution in [0.5, 0.6) is 5.75 Å². The van der Waals surface area contributed by atoms with Gasteiger partial charge in [-0.2, -0.15) is 0 Å². The summed E-state index contributed by atoms with van der Waals surface area (Å²) >= 11 is 12.0. The van der Waals surface area contributed by atoms with Crippen molar-refractivity contribution in [2.75, 3.05) is 5.32 Å². The van der Waals surface area contributed by atoms with E-state index < -0.39 is 0 Å². The minimum Gasteiger partial charge on any atom is -0.504 e. The summed E-state index contributed by atoms with van der Waals surface area (Å²) in [6, 6.07) is 1.52. The molecule has 0 saturated carbocycles. The number of hydrogen-bond acceptors (Lipinski definition) is 2. The van der Waals surface area contributed by atoms with Crippen molar-refractivity contribution in [2.24, 2.45) is 5.92 Å². The number of anilines is 1. The van der Waals surface area contributed by atoms with E-state index >= 15 is 0 Å². The lowest BCUT2D eigenvalue weighted by Gasteiger charge is -2.13. The zero-order valence-electron chi connectivity index (χ0n) is 9.97. The number of aromatic hydroxyl groups is 1. The number of rotatable bonds is 3. The van der Waals surface area contributed by atoms with Crippen LogP contribution < -0.4 is 5.32 Å². The van der Waals surface area contributed by atoms with Crippen LogP contribution in [0.4, 0.5) is 5.69 Å². The monoisotopic (exact) mass is 275 g/mol. The Morgan fingerprint density at radius 3 is 2.53 bits per heavy atom. The molecule has 0 radical (unpaired) electrons. The van der Waals surface area contributed by atoms with E-state index in [1.165, 1.54) is 6.07 Å². The molecule has 94 valence electrons. The minimum absolute atomic E-state index is 0.137. The fourth-order valence-corrected chi connectivity index (χ4v) is 2.07. The van der Waals surface area contributed by atoms with E-state index in [0.717, 1.165) is 0 Å². The molecule has 0 aliphatic heterocycles. The lowest BCUT2D eigenvalue weighted by Crippen LogP contribution is -2.18. The number of phenolic OH excluding ortho intramolecular Hbond substituents is 1. The molecule has 2 N–H and O–H groups in total. The highest BCUT2D eigenvalue weighted by Crippen LogP contribution is 2.39. The Kier molecular flexibility index (Phi) is 4.66. The molecule has 0 saturated heterocycles. The molecular weight excluding hydrogens is 261 g/mol. The van der Waals surface area contributed by atoms with E-state index in [-0.39, 0.29) is 28.3 Å². The summed E-state index contributed by atoms with van der Waals surface area (Å²) < 4.78 is 0. The average molecular weight is 276 g/mol. The van der Waals surface area contributed by atoms with Gasteiger partial charge >= 0.3 is 0 Å². The quantitative estimate of drug-likeness (QED) is 0.824. The molecule has 1 aromatic carbocycles. The Balaban J connectivity index is 3.15. The normalized spacial score (nSPS) is 10.7. The maximum absolute atomic E-state index is 11.5. The summed E-state index contributed by atoms with van der Waals surface area (Å²) in [5, 5.41) is 13.1. The summed E-state index contributed by atoms with van der Waals surface area (Å²) in [6.07, 6.45) is 0.615. The average Bonchev–Trinajstić information content (AvgIpc) is 2.26. The lowest BCUT2D eigenvalue weighted by atomic mass is 10.1. The highest BCUT2D eigenvalue weighted by Gasteiger charge is 2.16. The van der Waals surface area contributed by atoms with Crippen molar-refractivity contribution in [3.8, 4) is 5.75 Å². The third kappa shape index (κ3) is 3.05. The second-order valence-electron chi connectivity index (χ2n) is 4.04. The van der Waals surface area contributed by atoms with Crippen molar-refractivity contribution >= 4 is 34.8 Å². The van der Waals surface area contributed by atoms with Crippen molar-refractivity contribution in [1.29, 1.82) is 0 Å². The number of benzene rings is 1. The Hall–Kier alpha value is -0.930. The van der Waals surface area contributed by atoms with Crippen LogP contribution in [0.15, 0.2) is 6.07 Å². The number of phenols is 1. The van der Waals surface area contributed by atoms with Gasteiger partial charge in [0.05, 0.1) is 10.7 Å². The number of nitrogens with one attached hydrogen (secondary N) is 1. The molecule has 0 heterocycles. The standard InChI is InChI=1S/C12H15Cl2NO2/c1-4-7-8(13)5-9(11(16)10(7)14)15-12(17)6(2)3/h5-6,16H,4H2,1-3H3,(H,15,17). The number of halogens is 2. The lowest BCUT2D eigenvalue weighted by molar-refractivity contribution is -0.118. The molecule has 0 fully saturated rings. The Labute approximate surface area is 111 Å². The van der Waals surface area contributed by atoms with Gasteiger partial charge < -0.3 is 10.4 Å². The second-order valence-corrected chi connectivity index (χ2v) is 4.83. The molecule has 0 aliphatic rings. The van der Waals surface area contributed by atoms with Gasteiger partial charge in [0.15, 0.2) is 5.75 Å². The van der Waals surface area contributed by atoms with Gasteiger partial charge in [0, 0.05) is 10.9 Å². The molecule has 0 spiro atoms. The van der Waals surface area contributed by atoms with Gasteiger partial charge in [-0.1, -0.05) is 44.0 Å². The van der Waals surface area contributed by atoms with E-state index in [9.17, 15) is 9.90 Å². The van der Waals surface area contributed by atoms with Gasteiger partial charge in [-0.15, -0.1) is 0 Å². The van der Waals surface area contributed by atoms with Crippen molar-refractivity contribution in [3.63, 3.8) is 0 Å². The van der Waals surface area contributed by atoms with Crippen LogP contribution in [0.2, 0.25) is 10.0 Å². The van der Waals surface area contributed by atoms with E-state index in [4.69, 9.17) is 23.2 Å². The number of hydrogen-bond donors (Lipinski definition) is 2. The molecule has 1 rings (SSSR count). The number of amides is 1. The van der Waals surface area contributed by atoms with Crippen LogP contribution in [0, 0.1) is 5.92 Å². The first kappa shape index (κ1) is 14.1. The number of carbonyl (C=O) groups is 1. The van der Waals surface area contributed by atoms with E-state index in [2.05, 4.69) is 5.32 Å². The van der Waals surface area contributed by atoms with Crippen LogP contribution in [0.25, 0.3) is 0 Å². The predicted molar refractivity (Wildman–Crippen MR) is 71.0 cm³/mol. The molecule has 3 nitrogen and oxygen atoms in total. The van der Waals surface area contributed by atoms with Gasteiger partial charge in [-0.25, -0.2) is 0 Å². The maximum atomic E-state index is 11.5. The van der Waals surface area contributed by atoms with Crippen LogP contribution >= 0.6 is 23.2 Å². The van der Waals surface area contributed by atoms with Crippen molar-refractivity contribution < 1.29 is 9.90 Å². The smallest absolute Gasteiger partial charge is 0.227 e. The molecule has 17 heavy (non-hydrogen) atoms. The molecular formula is C12H15Cl2NO2. The first-order chi connectivity index (χ1) is 7.88. The molecule has 0 aliphatic carbocycles. The largest absolute Gasteiger partial charge is 0.504 e. The SMILES string of the molecule is CCc1c(Cl)cc(NC(=O)C(C)C)c(O)c1Cl. The van der Waals surface area contributed by atoms with E-state index in [1.807, 2.05) is 6.92 Å². The molecule has 5 heteroatoms. The van der Waals surface area contributed by atoms with Crippen molar-refractivity contribution in [3.05, 3.63) is 21.7 Å². The van der Waals surface area contributed by atoms with Crippen LogP contribution in [0.3, 0.4) is 0 Å². The van der Waals surface area contributed by atoms with Gasteiger partial charge in [-0.05, 0) is 18.1 Å². The van der Waals surface area contributed by atoms with Crippen molar-refractivity contribution in [1.82, 2.24) is 0 Å². The van der Waals surface area contributed by atoms with Gasteiger partial charge in [0.25, 0.3) is 0 Å². The summed E-state index contributed by atoms with van der Waals surface area (Å²) in [6.45, 7) is 5.41. The third-order valence-electron chi connectivity index (χ3n) is 2.42. The van der Waals surface area contributed by atoms with Crippen molar-refractivity contribution in [2.45, 2.75) is 27.2 Å². The Morgan fingerprint density at radius 1 is 1.47 bits per heavy atom. The molecule has 0 atom stereocenters. The predicted octanol–water partition coefficient (Wildman–Crippen LogP) is 3.86. The zero-order valence-corrected chi connectivity index (χ0v) is 11.5. The highest BCUT2D eigenvalue weighted by atomic mass is 35.5. The minimum atomic E-state index is -0.198. The topological polar surface area (TPSA) is 49.3 Å². The Bertz CT molecular complexity index is 445. The fourth-order valence-electron chi connectivity index (χ4n) is 1.34. The highest BCUT2D eigenvalue weighted by molar-refractivity contribution is 6.37. The first-order valence-corrected chi connectivity index (χ1v) is 6.14.